The molecular formula is C20H28ClN3O+2. The van der Waals surface area contributed by atoms with Crippen molar-refractivity contribution in [1.29, 1.82) is 0 Å². The minimum Gasteiger partial charge on any atom is -0.443 e. The maximum Gasteiger partial charge on any atom is 0.223 e. The van der Waals surface area contributed by atoms with Crippen molar-refractivity contribution < 1.29 is 15.0 Å². The number of nitrogens with zero attached hydrogens (tertiary/aromatic N) is 1. The quantitative estimate of drug-likeness (QED) is 0.814. The predicted octanol–water partition coefficient (Wildman–Crippen LogP) is 1.91. The third-order valence-corrected chi connectivity index (χ3v) is 5.91. The number of fused-ring (bicyclic) bond motifs is 3. The Kier molecular flexibility index (Phi) is 3.98. The molecule has 1 saturated heterocycles. The lowest BCUT2D eigenvalue weighted by Gasteiger charge is -2.45. The lowest BCUT2D eigenvalue weighted by Crippen LogP contribution is -3.19. The van der Waals surface area contributed by atoms with Crippen LogP contribution in [0.2, 0.25) is 5.02 Å². The number of nitrogens with two attached hydrogens (primary N) is 1. The van der Waals surface area contributed by atoms with E-state index in [0.29, 0.717) is 12.8 Å². The summed E-state index contributed by atoms with van der Waals surface area (Å²) in [5.74, 6) is 0.921. The first-order chi connectivity index (χ1) is 11.7. The molecule has 4 rings (SSSR count). The van der Waals surface area contributed by atoms with Gasteiger partial charge in [0, 0.05) is 11.6 Å². The minimum atomic E-state index is 0.266. The van der Waals surface area contributed by atoms with E-state index < -0.39 is 0 Å². The van der Waals surface area contributed by atoms with Gasteiger partial charge < -0.3 is 10.1 Å². The normalized spacial score (nSPS) is 25.4. The Morgan fingerprint density at radius 2 is 1.96 bits per heavy atom. The van der Waals surface area contributed by atoms with Gasteiger partial charge in [0.2, 0.25) is 6.73 Å². The molecule has 2 aromatic rings. The fourth-order valence-electron chi connectivity index (χ4n) is 5.05. The number of nitrogens with one attached hydrogen (secondary N) is 1. The fraction of sp³-hybridized carbons (Fsp3) is 0.550. The van der Waals surface area contributed by atoms with Gasteiger partial charge >= 0.3 is 0 Å². The Bertz CT molecular complexity index is 802. The van der Waals surface area contributed by atoms with Gasteiger partial charge in [-0.05, 0) is 45.9 Å². The lowest BCUT2D eigenvalue weighted by atomic mass is 9.79. The summed E-state index contributed by atoms with van der Waals surface area (Å²) < 4.78 is 6.23. The Morgan fingerprint density at radius 3 is 2.68 bits per heavy atom. The third-order valence-electron chi connectivity index (χ3n) is 5.60. The Hall–Kier alpha value is -1.36. The van der Waals surface area contributed by atoms with Crippen molar-refractivity contribution in [3.8, 4) is 5.75 Å². The van der Waals surface area contributed by atoms with E-state index >= 15 is 0 Å². The van der Waals surface area contributed by atoms with Gasteiger partial charge in [0.15, 0.2) is 5.75 Å². The number of pyridine rings is 1. The van der Waals surface area contributed by atoms with Crippen LogP contribution in [0, 0.1) is 0 Å². The molecule has 0 bridgehead atoms. The number of hydrogen-bond acceptors (Lipinski definition) is 2. The summed E-state index contributed by atoms with van der Waals surface area (Å²) in [5.41, 5.74) is 2.61. The first-order valence-electron chi connectivity index (χ1n) is 9.15. The Labute approximate surface area is 154 Å². The topological polar surface area (TPSA) is 43.2 Å². The number of hydrogen-bond donors (Lipinski definition) is 2. The average molecular weight is 362 g/mol. The smallest absolute Gasteiger partial charge is 0.223 e. The molecule has 1 aromatic carbocycles. The summed E-state index contributed by atoms with van der Waals surface area (Å²) in [6.07, 6.45) is 4.21. The molecule has 5 heteroatoms. The molecule has 1 fully saturated rings. The first-order valence-corrected chi connectivity index (χ1v) is 9.52. The van der Waals surface area contributed by atoms with Gasteiger partial charge in [0.05, 0.1) is 34.5 Å². The van der Waals surface area contributed by atoms with Crippen molar-refractivity contribution in [3.63, 3.8) is 0 Å². The van der Waals surface area contributed by atoms with E-state index in [1.165, 1.54) is 23.3 Å². The molecule has 3 N–H and O–H groups in total. The van der Waals surface area contributed by atoms with Gasteiger partial charge in [-0.1, -0.05) is 11.6 Å². The van der Waals surface area contributed by atoms with E-state index in [0.717, 1.165) is 28.2 Å². The zero-order valence-electron chi connectivity index (χ0n) is 15.5. The molecule has 134 valence electrons. The number of piperidine rings is 1. The molecule has 2 aliphatic rings. The maximum absolute atomic E-state index is 6.51. The molecule has 25 heavy (non-hydrogen) atoms. The highest BCUT2D eigenvalue weighted by Crippen LogP contribution is 2.34. The van der Waals surface area contributed by atoms with Gasteiger partial charge in [-0.15, -0.1) is 0 Å². The molecule has 0 amide bonds. The van der Waals surface area contributed by atoms with Crippen LogP contribution >= 0.6 is 11.6 Å². The second kappa shape index (κ2) is 5.83. The van der Waals surface area contributed by atoms with E-state index in [4.69, 9.17) is 16.3 Å². The SMILES string of the molecule is CC1(C)CC([NH+]2COc3c(cc(Cl)c4cccnc34)C2)CC(C)(C)[NH2+]1. The van der Waals surface area contributed by atoms with Crippen LogP contribution in [0.5, 0.6) is 5.75 Å². The Morgan fingerprint density at radius 1 is 1.24 bits per heavy atom. The van der Waals surface area contributed by atoms with Crippen LogP contribution < -0.4 is 15.0 Å². The summed E-state index contributed by atoms with van der Waals surface area (Å²) in [7, 11) is 0. The zero-order valence-corrected chi connectivity index (χ0v) is 16.3. The van der Waals surface area contributed by atoms with Gasteiger partial charge in [-0.3, -0.25) is 9.88 Å². The molecule has 1 atom stereocenters. The standard InChI is InChI=1S/C20H26ClN3O/c1-19(2)9-14(10-20(3,4)23-19)24-11-13-8-16(21)15-6-5-7-22-17(15)18(13)25-12-24/h5-8,14,23H,9-12H2,1-4H3/p+2. The van der Waals surface area contributed by atoms with Crippen molar-refractivity contribution in [3.05, 3.63) is 35.0 Å². The minimum absolute atomic E-state index is 0.266. The number of quaternary nitrogens is 2. The van der Waals surface area contributed by atoms with E-state index in [1.807, 2.05) is 18.3 Å². The highest BCUT2D eigenvalue weighted by atomic mass is 35.5. The summed E-state index contributed by atoms with van der Waals surface area (Å²) in [6.45, 7) is 11.1. The molecule has 3 heterocycles. The van der Waals surface area contributed by atoms with Gasteiger partial charge in [-0.2, -0.15) is 0 Å². The molecule has 1 aromatic heterocycles. The number of halogens is 1. The van der Waals surface area contributed by atoms with Gasteiger partial charge in [0.1, 0.15) is 18.1 Å². The summed E-state index contributed by atoms with van der Waals surface area (Å²) in [5, 5.41) is 4.27. The van der Waals surface area contributed by atoms with Gasteiger partial charge in [-0.25, -0.2) is 0 Å². The summed E-state index contributed by atoms with van der Waals surface area (Å²) >= 11 is 6.51. The molecular weight excluding hydrogens is 334 g/mol. The zero-order chi connectivity index (χ0) is 17.8. The Balaban J connectivity index is 1.65. The number of aromatic nitrogens is 1. The lowest BCUT2D eigenvalue weighted by molar-refractivity contribution is -0.969. The van der Waals surface area contributed by atoms with E-state index in [-0.39, 0.29) is 11.1 Å². The van der Waals surface area contributed by atoms with Crippen LogP contribution in [0.4, 0.5) is 0 Å². The van der Waals surface area contributed by atoms with Gasteiger partial charge in [0.25, 0.3) is 0 Å². The van der Waals surface area contributed by atoms with Crippen molar-refractivity contribution in [1.82, 2.24) is 4.98 Å². The van der Waals surface area contributed by atoms with Crippen molar-refractivity contribution in [2.45, 2.75) is 64.2 Å². The average Bonchev–Trinajstić information content (AvgIpc) is 2.52. The number of ether oxygens (including phenoxy) is 1. The molecule has 4 nitrogen and oxygen atoms in total. The van der Waals surface area contributed by atoms with E-state index in [9.17, 15) is 0 Å². The highest BCUT2D eigenvalue weighted by molar-refractivity contribution is 6.35. The summed E-state index contributed by atoms with van der Waals surface area (Å²) in [4.78, 5) is 6.02. The first kappa shape index (κ1) is 17.1. The van der Waals surface area contributed by atoms with Crippen molar-refractivity contribution >= 4 is 22.5 Å². The fourth-order valence-corrected chi connectivity index (χ4v) is 5.33. The highest BCUT2D eigenvalue weighted by Gasteiger charge is 2.46. The van der Waals surface area contributed by atoms with Crippen molar-refractivity contribution in [2.75, 3.05) is 6.73 Å². The monoisotopic (exact) mass is 361 g/mol. The number of rotatable bonds is 1. The molecule has 0 spiro atoms. The molecule has 1 unspecified atom stereocenters. The van der Waals surface area contributed by atoms with E-state index in [1.54, 1.807) is 0 Å². The van der Waals surface area contributed by atoms with Crippen LogP contribution in [-0.4, -0.2) is 28.8 Å². The second-order valence-electron chi connectivity index (χ2n) is 9.10. The largest absolute Gasteiger partial charge is 0.443 e. The van der Waals surface area contributed by atoms with Crippen LogP contribution in [-0.2, 0) is 6.54 Å². The molecule has 0 aliphatic carbocycles. The van der Waals surface area contributed by atoms with Crippen LogP contribution in [0.25, 0.3) is 10.9 Å². The summed E-state index contributed by atoms with van der Waals surface area (Å²) in [6, 6.07) is 6.60. The van der Waals surface area contributed by atoms with Crippen LogP contribution in [0.3, 0.4) is 0 Å². The van der Waals surface area contributed by atoms with Crippen LogP contribution in [0.15, 0.2) is 24.4 Å². The third kappa shape index (κ3) is 3.23. The second-order valence-corrected chi connectivity index (χ2v) is 9.50. The van der Waals surface area contributed by atoms with Crippen LogP contribution in [0.1, 0.15) is 46.1 Å². The molecule has 2 aliphatic heterocycles. The molecule has 0 saturated carbocycles. The number of benzene rings is 1. The van der Waals surface area contributed by atoms with E-state index in [2.05, 4.69) is 44.1 Å². The maximum atomic E-state index is 6.51. The predicted molar refractivity (Wildman–Crippen MR) is 100 cm³/mol. The van der Waals surface area contributed by atoms with Crippen molar-refractivity contribution in [2.24, 2.45) is 0 Å². The molecule has 0 radical (unpaired) electrons.